The topological polar surface area (TPSA) is 146 Å². The van der Waals surface area contributed by atoms with Crippen molar-refractivity contribution >= 4 is 12.2 Å². The second-order valence-corrected chi connectivity index (χ2v) is 14.5. The number of hydrogen-bond donors (Lipinski definition) is 6. The lowest BCUT2D eigenvalue weighted by Gasteiger charge is -2.32. The van der Waals surface area contributed by atoms with E-state index in [-0.39, 0.29) is 30.1 Å². The number of aliphatic hydroxyl groups is 3. The molecule has 0 radical (unpaired) electrons. The van der Waals surface area contributed by atoms with Gasteiger partial charge in [-0.3, -0.25) is 4.79 Å². The van der Waals surface area contributed by atoms with Crippen LogP contribution < -0.4 is 0 Å². The molecule has 6 atom stereocenters. The molecule has 6 unspecified atom stereocenters. The molecule has 48 heavy (non-hydrogen) atoms. The number of aliphatic imine (C=N–C) groups is 1. The molecule has 1 saturated carbocycles. The van der Waals surface area contributed by atoms with E-state index in [0.29, 0.717) is 25.7 Å². The number of aromatic hydroxyl groups is 1. The van der Waals surface area contributed by atoms with Gasteiger partial charge in [0.2, 0.25) is 0 Å². The van der Waals surface area contributed by atoms with E-state index in [1.54, 1.807) is 18.7 Å². The summed E-state index contributed by atoms with van der Waals surface area (Å²) in [6.45, 7) is 3.99. The van der Waals surface area contributed by atoms with Gasteiger partial charge in [0.25, 0.3) is 0 Å². The third kappa shape index (κ3) is 11.8. The molecule has 8 heteroatoms. The molecule has 4 rings (SSSR count). The van der Waals surface area contributed by atoms with Gasteiger partial charge < -0.3 is 30.5 Å². The van der Waals surface area contributed by atoms with Gasteiger partial charge in [0, 0.05) is 23.4 Å². The number of carbonyl (C=O) groups is 1. The van der Waals surface area contributed by atoms with Crippen LogP contribution in [0.3, 0.4) is 0 Å². The predicted molar refractivity (Wildman–Crippen MR) is 192 cm³/mol. The van der Waals surface area contributed by atoms with E-state index in [4.69, 9.17) is 0 Å². The van der Waals surface area contributed by atoms with Crippen molar-refractivity contribution in [3.05, 3.63) is 60.3 Å². The van der Waals surface area contributed by atoms with Crippen molar-refractivity contribution < 1.29 is 30.3 Å². The van der Waals surface area contributed by atoms with Crippen LogP contribution in [0.5, 0.6) is 5.75 Å². The number of rotatable bonds is 23. The Hall–Kier alpha value is -3.07. The first-order chi connectivity index (χ1) is 23.2. The molecule has 1 aromatic heterocycles. The minimum Gasteiger partial charge on any atom is -0.508 e. The zero-order valence-electron chi connectivity index (χ0n) is 28.9. The minimum absolute atomic E-state index is 0.0525. The third-order valence-corrected chi connectivity index (χ3v) is 10.6. The lowest BCUT2D eigenvalue weighted by Crippen LogP contribution is -2.37. The normalized spacial score (nSPS) is 22.4. The molecule has 2 aromatic rings. The summed E-state index contributed by atoms with van der Waals surface area (Å²) in [4.78, 5) is 19.9. The number of hydrogen-bond acceptors (Lipinski definition) is 6. The number of aromatic nitrogens is 1. The molecule has 6 N–H and O–H groups in total. The van der Waals surface area contributed by atoms with Gasteiger partial charge in [-0.15, -0.1) is 4.99 Å². The molecule has 1 fully saturated rings. The number of benzene rings is 1. The zero-order valence-corrected chi connectivity index (χ0v) is 28.9. The van der Waals surface area contributed by atoms with Crippen LogP contribution in [0.15, 0.2) is 53.0 Å². The molecular weight excluding hydrogens is 604 g/mol. The maximum absolute atomic E-state index is 12.2. The fourth-order valence-electron chi connectivity index (χ4n) is 7.85. The highest BCUT2D eigenvalue weighted by Gasteiger charge is 2.47. The van der Waals surface area contributed by atoms with Crippen molar-refractivity contribution in [1.82, 2.24) is 4.98 Å². The van der Waals surface area contributed by atoms with Crippen molar-refractivity contribution in [3.8, 4) is 17.0 Å². The standard InChI is InChI=1S/C40H58N2O6/c1-2-3-4-5-8-13-34(43)14-9-6-7-10-16-36(39(46)47)38(45)19-21-40(48)27-30(23-29-20-22-41-28-29)24-32(40)26-33-17-18-37(42-33)31-12-11-15-35(44)25-31/h11-12,15,17-18,20,22,25,28,30,32,34,36,38,42-43,45,48H,2-10,13-14,16,19,21,23-24,26-27H2,1H3,(H-,44,46,47)/p+1. The van der Waals surface area contributed by atoms with Gasteiger partial charge in [0.15, 0.2) is 6.21 Å². The van der Waals surface area contributed by atoms with E-state index < -0.39 is 23.6 Å². The number of unbranched alkanes of at least 4 members (excludes halogenated alkanes) is 7. The van der Waals surface area contributed by atoms with Crippen LogP contribution in [0.1, 0.15) is 122 Å². The Morgan fingerprint density at radius 3 is 2.38 bits per heavy atom. The SMILES string of the molecule is CCCCCCCC(O)CCCCCCC(C(=O)O)C(O)CCC1(O)CC(CC2=C[CH+]N=C2)CC1Cc1ccc(-c2cccc(O)c2)[nH]1. The first kappa shape index (κ1) is 37.7. The monoisotopic (exact) mass is 663 g/mol. The summed E-state index contributed by atoms with van der Waals surface area (Å²) >= 11 is 0. The molecule has 0 bridgehead atoms. The quantitative estimate of drug-likeness (QED) is 0.0523. The Morgan fingerprint density at radius 1 is 0.979 bits per heavy atom. The molecule has 8 nitrogen and oxygen atoms in total. The van der Waals surface area contributed by atoms with Gasteiger partial charge >= 0.3 is 5.97 Å². The van der Waals surface area contributed by atoms with E-state index in [1.165, 1.54) is 25.7 Å². The van der Waals surface area contributed by atoms with Gasteiger partial charge in [0.05, 0.1) is 29.8 Å². The van der Waals surface area contributed by atoms with Crippen LogP contribution >= 0.6 is 0 Å². The molecule has 1 aliphatic heterocycles. The number of aliphatic carboxylic acids is 1. The summed E-state index contributed by atoms with van der Waals surface area (Å²) in [6, 6.07) is 11.1. The number of nitrogens with zero attached hydrogens (tertiary/aromatic N) is 1. The molecule has 0 spiro atoms. The molecular formula is C40H59N2O6+. The van der Waals surface area contributed by atoms with Gasteiger partial charge in [-0.05, 0) is 87.5 Å². The van der Waals surface area contributed by atoms with Crippen LogP contribution in [0.2, 0.25) is 0 Å². The van der Waals surface area contributed by atoms with Crippen LogP contribution in [0.4, 0.5) is 0 Å². The smallest absolute Gasteiger partial charge is 0.309 e. The summed E-state index contributed by atoms with van der Waals surface area (Å²) in [5.74, 6) is -1.43. The second-order valence-electron chi connectivity index (χ2n) is 14.5. The first-order valence-electron chi connectivity index (χ1n) is 18.5. The molecule has 1 aromatic carbocycles. The summed E-state index contributed by atoms with van der Waals surface area (Å²) in [7, 11) is 0. The first-order valence-corrected chi connectivity index (χ1v) is 18.5. The fraction of sp³-hybridized carbons (Fsp3) is 0.625. The minimum atomic E-state index is -1.03. The van der Waals surface area contributed by atoms with Crippen molar-refractivity contribution in [2.75, 3.05) is 0 Å². The van der Waals surface area contributed by atoms with Gasteiger partial charge in [0.1, 0.15) is 17.9 Å². The van der Waals surface area contributed by atoms with E-state index >= 15 is 0 Å². The number of aliphatic hydroxyl groups excluding tert-OH is 2. The average Bonchev–Trinajstić information content (AvgIpc) is 3.81. The van der Waals surface area contributed by atoms with E-state index in [1.807, 2.05) is 36.6 Å². The largest absolute Gasteiger partial charge is 0.508 e. The van der Waals surface area contributed by atoms with E-state index in [2.05, 4.69) is 16.9 Å². The van der Waals surface area contributed by atoms with Gasteiger partial charge in [-0.1, -0.05) is 76.8 Å². The van der Waals surface area contributed by atoms with E-state index in [0.717, 1.165) is 80.3 Å². The predicted octanol–water partition coefficient (Wildman–Crippen LogP) is 8.15. The molecule has 2 aliphatic rings. The summed E-state index contributed by atoms with van der Waals surface area (Å²) in [6.07, 6.45) is 17.6. The summed E-state index contributed by atoms with van der Waals surface area (Å²) < 4.78 is 0. The number of H-pyrrole nitrogens is 1. The lowest BCUT2D eigenvalue weighted by molar-refractivity contribution is -0.146. The van der Waals surface area contributed by atoms with Gasteiger partial charge in [-0.2, -0.15) is 0 Å². The Labute approximate surface area is 287 Å². The molecule has 2 heterocycles. The summed E-state index contributed by atoms with van der Waals surface area (Å²) in [5, 5.41) is 53.4. The number of phenolic OH excluding ortho intramolecular Hbond substituents is 1. The molecule has 264 valence electrons. The number of carboxylic acids is 1. The number of nitrogens with one attached hydrogen (secondary N) is 1. The highest BCUT2D eigenvalue weighted by atomic mass is 16.4. The molecule has 0 amide bonds. The maximum Gasteiger partial charge on any atom is 0.309 e. The van der Waals surface area contributed by atoms with Crippen LogP contribution in [0, 0.1) is 24.3 Å². The fourth-order valence-corrected chi connectivity index (χ4v) is 7.85. The van der Waals surface area contributed by atoms with Crippen LogP contribution in [-0.2, 0) is 11.2 Å². The summed E-state index contributed by atoms with van der Waals surface area (Å²) in [5.41, 5.74) is 2.91. The average molecular weight is 664 g/mol. The Bertz CT molecular complexity index is 1320. The number of aromatic amines is 1. The van der Waals surface area contributed by atoms with Crippen molar-refractivity contribution in [3.63, 3.8) is 0 Å². The highest BCUT2D eigenvalue weighted by molar-refractivity contribution is 5.82. The Balaban J connectivity index is 1.27. The number of phenols is 1. The van der Waals surface area contributed by atoms with Crippen molar-refractivity contribution in [2.24, 2.45) is 22.7 Å². The van der Waals surface area contributed by atoms with Gasteiger partial charge in [-0.25, -0.2) is 0 Å². The van der Waals surface area contributed by atoms with Crippen LogP contribution in [-0.4, -0.2) is 60.5 Å². The van der Waals surface area contributed by atoms with Crippen molar-refractivity contribution in [1.29, 1.82) is 0 Å². The Kier molecular flexibility index (Phi) is 15.1. The second kappa shape index (κ2) is 19.2. The zero-order chi connectivity index (χ0) is 34.4. The van der Waals surface area contributed by atoms with Crippen molar-refractivity contribution in [2.45, 2.75) is 140 Å². The lowest BCUT2D eigenvalue weighted by atomic mass is 9.81. The highest BCUT2D eigenvalue weighted by Crippen LogP contribution is 2.47. The number of allylic oxidation sites excluding steroid dienone is 1. The maximum atomic E-state index is 12.2. The van der Waals surface area contributed by atoms with Crippen LogP contribution in [0.25, 0.3) is 11.3 Å². The molecule has 0 saturated heterocycles. The third-order valence-electron chi connectivity index (χ3n) is 10.6. The Morgan fingerprint density at radius 2 is 1.71 bits per heavy atom. The van der Waals surface area contributed by atoms with E-state index in [9.17, 15) is 30.3 Å². The number of carboxylic acid groups (broad SMARTS) is 1. The molecule has 1 aliphatic carbocycles.